The number of methoxy groups -OCH3 is 2. The van der Waals surface area contributed by atoms with Crippen molar-refractivity contribution in [2.75, 3.05) is 25.1 Å². The molecule has 3 aromatic carbocycles. The first-order valence-electron chi connectivity index (χ1n) is 14.1. The van der Waals surface area contributed by atoms with Crippen LogP contribution in [0.25, 0.3) is 0 Å². The van der Waals surface area contributed by atoms with Gasteiger partial charge in [-0.3, -0.25) is 13.9 Å². The molecule has 0 spiro atoms. The summed E-state index contributed by atoms with van der Waals surface area (Å²) in [5.74, 6) is -0.247. The second kappa shape index (κ2) is 15.1. The number of hydrogen-bond acceptors (Lipinski definition) is 6. The van der Waals surface area contributed by atoms with Gasteiger partial charge in [0.25, 0.3) is 10.0 Å². The summed E-state index contributed by atoms with van der Waals surface area (Å²) in [5.41, 5.74) is 2.06. The van der Waals surface area contributed by atoms with Crippen molar-refractivity contribution in [1.82, 2.24) is 10.2 Å². The smallest absolute Gasteiger partial charge is 0.264 e. The summed E-state index contributed by atoms with van der Waals surface area (Å²) in [5, 5.41) is 3.39. The molecule has 232 valence electrons. The van der Waals surface area contributed by atoms with E-state index in [0.717, 1.165) is 21.9 Å². The van der Waals surface area contributed by atoms with Crippen LogP contribution in [0.2, 0.25) is 5.02 Å². The summed E-state index contributed by atoms with van der Waals surface area (Å²) in [6, 6.07) is 17.1. The molecule has 0 unspecified atom stereocenters. The molecule has 9 nitrogen and oxygen atoms in total. The number of carbonyl (C=O) groups excluding carboxylic acids is 2. The van der Waals surface area contributed by atoms with Gasteiger partial charge in [0, 0.05) is 23.7 Å². The summed E-state index contributed by atoms with van der Waals surface area (Å²) in [6.07, 6.45) is 1.06. The van der Waals surface area contributed by atoms with Crippen molar-refractivity contribution >= 4 is 39.1 Å². The topological polar surface area (TPSA) is 105 Å². The van der Waals surface area contributed by atoms with Crippen LogP contribution in [-0.2, 0) is 26.2 Å². The molecule has 0 saturated carbocycles. The Morgan fingerprint density at radius 1 is 0.930 bits per heavy atom. The predicted octanol–water partition coefficient (Wildman–Crippen LogP) is 5.58. The molecule has 0 aromatic heterocycles. The lowest BCUT2D eigenvalue weighted by molar-refractivity contribution is -0.140. The van der Waals surface area contributed by atoms with Gasteiger partial charge in [-0.05, 0) is 68.7 Å². The van der Waals surface area contributed by atoms with E-state index < -0.39 is 28.5 Å². The molecule has 1 N–H and O–H groups in total. The van der Waals surface area contributed by atoms with Crippen LogP contribution in [-0.4, -0.2) is 58.0 Å². The van der Waals surface area contributed by atoms with E-state index in [9.17, 15) is 18.0 Å². The van der Waals surface area contributed by atoms with E-state index in [-0.39, 0.29) is 34.8 Å². The number of amides is 2. The zero-order valence-electron chi connectivity index (χ0n) is 25.5. The van der Waals surface area contributed by atoms with Crippen molar-refractivity contribution in [2.45, 2.75) is 64.1 Å². The third-order valence-corrected chi connectivity index (χ3v) is 9.18. The Morgan fingerprint density at radius 3 is 2.19 bits per heavy atom. The zero-order chi connectivity index (χ0) is 31.7. The minimum atomic E-state index is -4.30. The second-order valence-corrected chi connectivity index (χ2v) is 12.6. The van der Waals surface area contributed by atoms with Crippen LogP contribution in [0.1, 0.15) is 44.7 Å². The van der Waals surface area contributed by atoms with Crippen molar-refractivity contribution in [2.24, 2.45) is 0 Å². The first-order valence-corrected chi connectivity index (χ1v) is 15.9. The Kier molecular flexibility index (Phi) is 11.9. The van der Waals surface area contributed by atoms with Gasteiger partial charge in [-0.25, -0.2) is 8.42 Å². The van der Waals surface area contributed by atoms with Crippen LogP contribution in [0.4, 0.5) is 5.69 Å². The Labute approximate surface area is 259 Å². The summed E-state index contributed by atoms with van der Waals surface area (Å²) in [6.45, 7) is 7.20. The summed E-state index contributed by atoms with van der Waals surface area (Å²) < 4.78 is 39.9. The van der Waals surface area contributed by atoms with E-state index in [1.165, 1.54) is 49.5 Å². The lowest BCUT2D eigenvalue weighted by Gasteiger charge is -2.34. The molecule has 0 aliphatic carbocycles. The molecule has 0 aliphatic heterocycles. The Hall–Kier alpha value is -3.76. The number of nitrogens with zero attached hydrogens (tertiary/aromatic N) is 2. The largest absolute Gasteiger partial charge is 0.493 e. The highest BCUT2D eigenvalue weighted by Gasteiger charge is 2.34. The quantitative estimate of drug-likeness (QED) is 0.250. The molecule has 43 heavy (non-hydrogen) atoms. The number of anilines is 1. The van der Waals surface area contributed by atoms with Gasteiger partial charge in [0.15, 0.2) is 11.5 Å². The standard InChI is InChI=1S/C32H40ClN3O6S/c1-7-23(4)34-32(38)28(8-2)35(20-24-11-9-10-22(3)18-24)31(37)21-36(26-14-12-25(33)13-15-26)43(39,40)27-16-17-29(41-5)30(19-27)42-6/h9-19,23,28H,7-8,20-21H2,1-6H3,(H,34,38)/t23-,28+/m0/s1. The van der Waals surface area contributed by atoms with E-state index in [1.807, 2.05) is 52.0 Å². The zero-order valence-corrected chi connectivity index (χ0v) is 27.0. The van der Waals surface area contributed by atoms with Crippen molar-refractivity contribution in [1.29, 1.82) is 0 Å². The number of aryl methyl sites for hydroxylation is 1. The fourth-order valence-corrected chi connectivity index (χ4v) is 6.16. The average Bonchev–Trinajstić information content (AvgIpc) is 2.99. The number of rotatable bonds is 14. The van der Waals surface area contributed by atoms with Gasteiger partial charge >= 0.3 is 0 Å². The van der Waals surface area contributed by atoms with Gasteiger partial charge in [0.05, 0.1) is 24.8 Å². The van der Waals surface area contributed by atoms with E-state index in [1.54, 1.807) is 12.1 Å². The number of hydrogen-bond donors (Lipinski definition) is 1. The van der Waals surface area contributed by atoms with Crippen molar-refractivity contribution in [3.05, 3.63) is 82.9 Å². The highest BCUT2D eigenvalue weighted by molar-refractivity contribution is 7.92. The lowest BCUT2D eigenvalue weighted by Crippen LogP contribution is -2.53. The second-order valence-electron chi connectivity index (χ2n) is 10.3. The average molecular weight is 630 g/mol. The Balaban J connectivity index is 2.10. The Bertz CT molecular complexity index is 1510. The molecule has 0 saturated heterocycles. The first kappa shape index (κ1) is 33.7. The Morgan fingerprint density at radius 2 is 1.60 bits per heavy atom. The minimum absolute atomic E-state index is 0.0894. The van der Waals surface area contributed by atoms with Crippen molar-refractivity contribution in [3.63, 3.8) is 0 Å². The number of nitrogens with one attached hydrogen (secondary N) is 1. The molecule has 0 radical (unpaired) electrons. The predicted molar refractivity (Wildman–Crippen MR) is 169 cm³/mol. The molecule has 0 aliphatic rings. The molecule has 0 fully saturated rings. The maximum Gasteiger partial charge on any atom is 0.264 e. The van der Waals surface area contributed by atoms with Crippen molar-refractivity contribution < 1.29 is 27.5 Å². The monoisotopic (exact) mass is 629 g/mol. The molecule has 0 bridgehead atoms. The number of carbonyl (C=O) groups is 2. The summed E-state index contributed by atoms with van der Waals surface area (Å²) in [4.78, 5) is 29.0. The lowest BCUT2D eigenvalue weighted by atomic mass is 10.1. The molecular formula is C32H40ClN3O6S. The maximum absolute atomic E-state index is 14.2. The number of halogens is 1. The first-order chi connectivity index (χ1) is 20.4. The normalized spacial score (nSPS) is 12.6. The van der Waals surface area contributed by atoms with Gasteiger partial charge in [-0.2, -0.15) is 0 Å². The van der Waals surface area contributed by atoms with Crippen LogP contribution in [0, 0.1) is 6.92 Å². The maximum atomic E-state index is 14.2. The molecule has 3 aromatic rings. The fourth-order valence-electron chi connectivity index (χ4n) is 4.61. The fraction of sp³-hybridized carbons (Fsp3) is 0.375. The molecule has 0 heterocycles. The van der Waals surface area contributed by atoms with Gasteiger partial charge in [0.2, 0.25) is 11.8 Å². The summed E-state index contributed by atoms with van der Waals surface area (Å²) in [7, 11) is -1.44. The van der Waals surface area contributed by atoms with Crippen LogP contribution >= 0.6 is 11.6 Å². The van der Waals surface area contributed by atoms with Gasteiger partial charge in [-0.1, -0.05) is 55.3 Å². The van der Waals surface area contributed by atoms with Gasteiger partial charge in [-0.15, -0.1) is 0 Å². The number of ether oxygens (including phenoxy) is 2. The van der Waals surface area contributed by atoms with Crippen molar-refractivity contribution in [3.8, 4) is 11.5 Å². The van der Waals surface area contributed by atoms with Crippen LogP contribution in [0.15, 0.2) is 71.6 Å². The highest BCUT2D eigenvalue weighted by atomic mass is 35.5. The van der Waals surface area contributed by atoms with E-state index in [0.29, 0.717) is 17.2 Å². The van der Waals surface area contributed by atoms with Crippen LogP contribution in [0.3, 0.4) is 0 Å². The minimum Gasteiger partial charge on any atom is -0.493 e. The molecule has 11 heteroatoms. The van der Waals surface area contributed by atoms with E-state index >= 15 is 0 Å². The molecule has 2 amide bonds. The third kappa shape index (κ3) is 8.42. The van der Waals surface area contributed by atoms with Gasteiger partial charge < -0.3 is 19.7 Å². The summed E-state index contributed by atoms with van der Waals surface area (Å²) >= 11 is 6.11. The number of sulfonamides is 1. The van der Waals surface area contributed by atoms with E-state index in [2.05, 4.69) is 5.32 Å². The van der Waals surface area contributed by atoms with Gasteiger partial charge in [0.1, 0.15) is 12.6 Å². The molecule has 2 atom stereocenters. The molecule has 3 rings (SSSR count). The number of benzene rings is 3. The van der Waals surface area contributed by atoms with E-state index in [4.69, 9.17) is 21.1 Å². The highest BCUT2D eigenvalue weighted by Crippen LogP contribution is 2.33. The van der Waals surface area contributed by atoms with Crippen LogP contribution in [0.5, 0.6) is 11.5 Å². The SMILES string of the molecule is CC[C@H](C(=O)N[C@@H](C)CC)N(Cc1cccc(C)c1)C(=O)CN(c1ccc(Cl)cc1)S(=O)(=O)c1ccc(OC)c(OC)c1. The van der Waals surface area contributed by atoms with Crippen LogP contribution < -0.4 is 19.1 Å². The third-order valence-electron chi connectivity index (χ3n) is 7.16. The molecular weight excluding hydrogens is 590 g/mol.